The summed E-state index contributed by atoms with van der Waals surface area (Å²) in [5.41, 5.74) is -0.178. The van der Waals surface area contributed by atoms with Gasteiger partial charge in [0.2, 0.25) is 0 Å². The Morgan fingerprint density at radius 1 is 1.26 bits per heavy atom. The van der Waals surface area contributed by atoms with Crippen molar-refractivity contribution in [3.05, 3.63) is 45.9 Å². The average Bonchev–Trinajstić information content (AvgIpc) is 3.32. The van der Waals surface area contributed by atoms with Crippen molar-refractivity contribution in [1.29, 1.82) is 0 Å². The molecule has 0 bridgehead atoms. The number of nitrogens with one attached hydrogen (secondary N) is 2. The van der Waals surface area contributed by atoms with Gasteiger partial charge in [-0.3, -0.25) is 0 Å². The Morgan fingerprint density at radius 3 is 2.58 bits per heavy atom. The van der Waals surface area contributed by atoms with Crippen molar-refractivity contribution >= 4 is 46.0 Å². The zero-order valence-corrected chi connectivity index (χ0v) is 23.9. The molecule has 2 heterocycles. The zero-order valence-electron chi connectivity index (χ0n) is 22.4. The van der Waals surface area contributed by atoms with Crippen molar-refractivity contribution in [2.24, 2.45) is 11.8 Å². The van der Waals surface area contributed by atoms with Gasteiger partial charge >= 0.3 is 6.09 Å². The predicted octanol–water partition coefficient (Wildman–Crippen LogP) is 5.35. The lowest BCUT2D eigenvalue weighted by molar-refractivity contribution is 0.0488. The van der Waals surface area contributed by atoms with E-state index in [0.717, 1.165) is 30.6 Å². The maximum atomic E-state index is 12.7. The highest BCUT2D eigenvalue weighted by Gasteiger charge is 2.33. The third-order valence-corrected chi connectivity index (χ3v) is 7.66. The number of thiazole rings is 1. The van der Waals surface area contributed by atoms with Crippen molar-refractivity contribution < 1.29 is 23.9 Å². The second-order valence-corrected chi connectivity index (χ2v) is 12.1. The molecule has 1 saturated carbocycles. The van der Waals surface area contributed by atoms with E-state index in [1.165, 1.54) is 11.3 Å². The van der Waals surface area contributed by atoms with Gasteiger partial charge in [-0.25, -0.2) is 19.4 Å². The first-order valence-corrected chi connectivity index (χ1v) is 13.8. The summed E-state index contributed by atoms with van der Waals surface area (Å²) in [6.45, 7) is 7.83. The minimum atomic E-state index is -0.676. The third-order valence-electron chi connectivity index (χ3n) is 6.42. The van der Waals surface area contributed by atoms with Crippen LogP contribution >= 0.6 is 22.9 Å². The number of aromatic nitrogens is 1. The number of carbonyl (C=O) groups excluding carboxylic acids is 3. The van der Waals surface area contributed by atoms with E-state index >= 15 is 0 Å². The molecule has 1 aliphatic heterocycles. The highest BCUT2D eigenvalue weighted by atomic mass is 35.5. The van der Waals surface area contributed by atoms with Gasteiger partial charge in [0.1, 0.15) is 22.9 Å². The molecule has 0 saturated heterocycles. The van der Waals surface area contributed by atoms with Gasteiger partial charge in [-0.15, -0.1) is 0 Å². The van der Waals surface area contributed by atoms with Gasteiger partial charge in [0.15, 0.2) is 11.1 Å². The molecule has 1 unspecified atom stereocenters. The maximum Gasteiger partial charge on any atom is 0.408 e. The number of amides is 1. The first kappa shape index (κ1) is 29.7. The number of hydrogen-bond acceptors (Lipinski definition) is 9. The van der Waals surface area contributed by atoms with E-state index in [1.54, 1.807) is 57.3 Å². The molecule has 206 valence electrons. The maximum absolute atomic E-state index is 12.7. The summed E-state index contributed by atoms with van der Waals surface area (Å²) in [6, 6.07) is -1.00. The minimum absolute atomic E-state index is 0.0519. The number of carbonyl (C=O) groups is 1. The van der Waals surface area contributed by atoms with Crippen molar-refractivity contribution in [2.75, 3.05) is 19.0 Å². The number of allylic oxidation sites excluding steroid dienone is 3. The Hall–Kier alpha value is -2.87. The van der Waals surface area contributed by atoms with Gasteiger partial charge in [-0.2, -0.15) is 0 Å². The van der Waals surface area contributed by atoms with Crippen LogP contribution in [0, 0.1) is 11.8 Å². The predicted molar refractivity (Wildman–Crippen MR) is 148 cm³/mol. The van der Waals surface area contributed by atoms with Crippen LogP contribution in [-0.2, 0) is 19.1 Å². The molecule has 9 nitrogen and oxygen atoms in total. The van der Waals surface area contributed by atoms with E-state index in [0.29, 0.717) is 21.8 Å². The second kappa shape index (κ2) is 13.3. The number of anilines is 1. The number of methoxy groups -OCH3 is 1. The van der Waals surface area contributed by atoms with Crippen LogP contribution in [0.3, 0.4) is 0 Å². The molecular weight excluding hydrogens is 528 g/mol. The quantitative estimate of drug-likeness (QED) is 0.388. The topological polar surface area (TPSA) is 110 Å². The third kappa shape index (κ3) is 8.06. The fraction of sp³-hybridized carbons (Fsp3) is 0.556. The lowest BCUT2D eigenvalue weighted by Crippen LogP contribution is -2.46. The highest BCUT2D eigenvalue weighted by Crippen LogP contribution is 2.36. The first-order valence-electron chi connectivity index (χ1n) is 12.6. The van der Waals surface area contributed by atoms with E-state index in [-0.39, 0.29) is 18.2 Å². The summed E-state index contributed by atoms with van der Waals surface area (Å²) in [6.07, 6.45) is 9.65. The van der Waals surface area contributed by atoms with Gasteiger partial charge in [-0.05, 0) is 57.6 Å². The lowest BCUT2D eigenvalue weighted by Gasteiger charge is -2.34. The second-order valence-electron chi connectivity index (χ2n) is 10.6. The van der Waals surface area contributed by atoms with Crippen LogP contribution in [0.4, 0.5) is 9.93 Å². The molecule has 2 atom stereocenters. The molecule has 2 aliphatic rings. The first-order chi connectivity index (χ1) is 18.0. The lowest BCUT2D eigenvalue weighted by atomic mass is 9.78. The summed E-state index contributed by atoms with van der Waals surface area (Å²) in [4.78, 5) is 43.3. The van der Waals surface area contributed by atoms with Crippen LogP contribution < -0.4 is 10.6 Å². The summed E-state index contributed by atoms with van der Waals surface area (Å²) >= 11 is 7.49. The van der Waals surface area contributed by atoms with Crippen molar-refractivity contribution in [2.45, 2.75) is 71.1 Å². The van der Waals surface area contributed by atoms with Crippen LogP contribution in [0.1, 0.15) is 64.3 Å². The Morgan fingerprint density at radius 2 is 1.97 bits per heavy atom. The van der Waals surface area contributed by atoms with Gasteiger partial charge < -0.3 is 25.0 Å². The number of halogens is 1. The fourth-order valence-electron chi connectivity index (χ4n) is 4.55. The van der Waals surface area contributed by atoms with E-state index in [9.17, 15) is 14.4 Å². The van der Waals surface area contributed by atoms with E-state index in [1.807, 2.05) is 11.9 Å². The van der Waals surface area contributed by atoms with Crippen LogP contribution in [0.25, 0.3) is 0 Å². The summed E-state index contributed by atoms with van der Waals surface area (Å²) < 4.78 is 10.9. The molecule has 1 aliphatic carbocycles. The standard InChI is InChI=1S/C27H35ClN4O5S/c1-17-6-8-18(9-7-17)24(31-26(35)37-27(2,3)4)21(15-34)30-25-29-12-23(38-25)22(16-36-5)32-13-19(28)10-11-20(32)14-33/h10-13,17-18,22,24H,6-9,16H2,1-5H3,(H,29,30)(H,31,35)/t17?,18?,22?,24-/m0/s1. The Labute approximate surface area is 232 Å². The van der Waals surface area contributed by atoms with Crippen LogP contribution in [-0.4, -0.2) is 53.2 Å². The molecule has 11 heteroatoms. The molecule has 1 fully saturated rings. The fourth-order valence-corrected chi connectivity index (χ4v) is 5.63. The SMILES string of the molecule is COCC(c1cnc(NC(=C=O)[C@@H](NC(=O)OC(C)(C)C)C2CCC(C)CC2)s1)N1C=C(Cl)C=CC1=C=O. The summed E-state index contributed by atoms with van der Waals surface area (Å²) in [7, 11) is 1.56. The Bertz CT molecular complexity index is 1150. The summed E-state index contributed by atoms with van der Waals surface area (Å²) in [5, 5.41) is 6.89. The van der Waals surface area contributed by atoms with Gasteiger partial charge in [-0.1, -0.05) is 42.7 Å². The minimum Gasteiger partial charge on any atom is -0.444 e. The number of ether oxygens (including phenoxy) is 2. The van der Waals surface area contributed by atoms with Crippen molar-refractivity contribution in [3.63, 3.8) is 0 Å². The van der Waals surface area contributed by atoms with Crippen molar-refractivity contribution in [1.82, 2.24) is 15.2 Å². The number of hydrogen-bond donors (Lipinski definition) is 2. The molecule has 38 heavy (non-hydrogen) atoms. The van der Waals surface area contributed by atoms with E-state index in [2.05, 4.69) is 22.5 Å². The molecule has 1 aromatic rings. The normalized spacial score (nSPS) is 21.1. The molecule has 0 radical (unpaired) electrons. The van der Waals surface area contributed by atoms with E-state index in [4.69, 9.17) is 21.1 Å². The van der Waals surface area contributed by atoms with Gasteiger partial charge in [0.25, 0.3) is 0 Å². The smallest absolute Gasteiger partial charge is 0.408 e. The molecule has 3 rings (SSSR count). The highest BCUT2D eigenvalue weighted by molar-refractivity contribution is 7.15. The number of alkyl carbamates (subject to hydrolysis) is 1. The molecule has 1 aromatic heterocycles. The molecule has 1 amide bonds. The molecule has 0 spiro atoms. The molecule has 0 aromatic carbocycles. The molecule has 2 N–H and O–H groups in total. The van der Waals surface area contributed by atoms with Gasteiger partial charge in [0.05, 0.1) is 28.6 Å². The number of nitrogens with zero attached hydrogens (tertiary/aromatic N) is 2. The molecular formula is C27H35ClN4O5S. The van der Waals surface area contributed by atoms with E-state index < -0.39 is 23.8 Å². The Balaban J connectivity index is 1.84. The largest absolute Gasteiger partial charge is 0.444 e. The number of rotatable bonds is 9. The van der Waals surface area contributed by atoms with Crippen LogP contribution in [0.15, 0.2) is 41.0 Å². The monoisotopic (exact) mass is 562 g/mol. The zero-order chi connectivity index (χ0) is 27.9. The average molecular weight is 563 g/mol. The van der Waals surface area contributed by atoms with Crippen LogP contribution in [0.2, 0.25) is 0 Å². The van der Waals surface area contributed by atoms with Gasteiger partial charge in [0, 0.05) is 19.5 Å². The van der Waals surface area contributed by atoms with Crippen molar-refractivity contribution in [3.8, 4) is 0 Å². The summed E-state index contributed by atoms with van der Waals surface area (Å²) in [5.74, 6) is 4.58. The van der Waals surface area contributed by atoms with Crippen LogP contribution in [0.5, 0.6) is 0 Å². The Kier molecular flexibility index (Phi) is 10.4.